The van der Waals surface area contributed by atoms with Gasteiger partial charge < -0.3 is 5.73 Å². The fraction of sp³-hybridized carbons (Fsp3) is 0.500. The van der Waals surface area contributed by atoms with Gasteiger partial charge in [-0.2, -0.15) is 0 Å². The van der Waals surface area contributed by atoms with E-state index >= 15 is 0 Å². The average Bonchev–Trinajstić information content (AvgIpc) is 2.58. The predicted octanol–water partition coefficient (Wildman–Crippen LogP) is 5.71. The van der Waals surface area contributed by atoms with Gasteiger partial charge in [-0.1, -0.05) is 19.9 Å². The third kappa shape index (κ3) is 5.99. The molecule has 2 aromatic rings. The van der Waals surface area contributed by atoms with E-state index in [0.29, 0.717) is 29.9 Å². The van der Waals surface area contributed by atoms with Gasteiger partial charge in [0, 0.05) is 17.3 Å². The maximum Gasteiger partial charge on any atom is 0.280 e. The van der Waals surface area contributed by atoms with E-state index in [9.17, 15) is 17.6 Å². The van der Waals surface area contributed by atoms with Crippen molar-refractivity contribution in [3.8, 4) is 11.3 Å². The lowest BCUT2D eigenvalue weighted by molar-refractivity contribution is 0.144. The summed E-state index contributed by atoms with van der Waals surface area (Å²) in [6, 6.07) is 5.80. The molecule has 0 aliphatic rings. The Hall–Kier alpha value is -2.02. The Morgan fingerprint density at radius 2 is 1.78 bits per heavy atom. The fourth-order valence-corrected chi connectivity index (χ4v) is 3.25. The molecule has 0 aromatic carbocycles. The second-order valence-electron chi connectivity index (χ2n) is 7.56. The molecule has 2 aromatic heterocycles. The fourth-order valence-electron chi connectivity index (χ4n) is 3.25. The van der Waals surface area contributed by atoms with E-state index in [-0.39, 0.29) is 11.4 Å². The summed E-state index contributed by atoms with van der Waals surface area (Å²) in [7, 11) is 0. The number of rotatable bonds is 8. The SMILES string of the molecule is CC(C)C[C@](C)(N)CCc1ccc(-c2ccnc(C(F)F)c2)nc1C(F)F. The number of pyridine rings is 2. The van der Waals surface area contributed by atoms with Crippen LogP contribution in [0, 0.1) is 5.92 Å². The van der Waals surface area contributed by atoms with E-state index in [1.54, 1.807) is 12.1 Å². The van der Waals surface area contributed by atoms with E-state index in [1.165, 1.54) is 18.3 Å². The lowest BCUT2D eigenvalue weighted by Crippen LogP contribution is -2.38. The van der Waals surface area contributed by atoms with Gasteiger partial charge in [-0.25, -0.2) is 22.5 Å². The Balaban J connectivity index is 2.28. The molecule has 0 unspecified atom stereocenters. The number of alkyl halides is 4. The van der Waals surface area contributed by atoms with Gasteiger partial charge >= 0.3 is 0 Å². The summed E-state index contributed by atoms with van der Waals surface area (Å²) < 4.78 is 52.7. The highest BCUT2D eigenvalue weighted by Crippen LogP contribution is 2.29. The predicted molar refractivity (Wildman–Crippen MR) is 97.8 cm³/mol. The zero-order valence-corrected chi connectivity index (χ0v) is 15.7. The topological polar surface area (TPSA) is 51.8 Å². The minimum atomic E-state index is -2.76. The summed E-state index contributed by atoms with van der Waals surface area (Å²) in [5.74, 6) is 0.408. The lowest BCUT2D eigenvalue weighted by atomic mass is 9.86. The van der Waals surface area contributed by atoms with E-state index in [4.69, 9.17) is 5.73 Å². The van der Waals surface area contributed by atoms with Crippen LogP contribution in [0.4, 0.5) is 17.6 Å². The van der Waals surface area contributed by atoms with Crippen LogP contribution in [0.25, 0.3) is 11.3 Å². The minimum absolute atomic E-state index is 0.219. The molecule has 0 radical (unpaired) electrons. The summed E-state index contributed by atoms with van der Waals surface area (Å²) in [4.78, 5) is 7.62. The Morgan fingerprint density at radius 1 is 1.07 bits per heavy atom. The van der Waals surface area contributed by atoms with Crippen LogP contribution in [0.5, 0.6) is 0 Å². The van der Waals surface area contributed by atoms with Gasteiger partial charge in [-0.05, 0) is 55.9 Å². The smallest absolute Gasteiger partial charge is 0.280 e. The van der Waals surface area contributed by atoms with Crippen molar-refractivity contribution in [1.29, 1.82) is 0 Å². The molecule has 0 aliphatic heterocycles. The van der Waals surface area contributed by atoms with E-state index in [2.05, 4.69) is 23.8 Å². The van der Waals surface area contributed by atoms with Gasteiger partial charge in [0.15, 0.2) is 0 Å². The third-order valence-electron chi connectivity index (χ3n) is 4.36. The third-order valence-corrected chi connectivity index (χ3v) is 4.36. The monoisotopic (exact) mass is 383 g/mol. The van der Waals surface area contributed by atoms with Crippen molar-refractivity contribution < 1.29 is 17.6 Å². The van der Waals surface area contributed by atoms with Crippen molar-refractivity contribution in [3.05, 3.63) is 47.4 Å². The number of nitrogens with zero attached hydrogens (tertiary/aromatic N) is 2. The quantitative estimate of drug-likeness (QED) is 0.594. The number of aromatic nitrogens is 2. The summed E-state index contributed by atoms with van der Waals surface area (Å²) in [5.41, 5.74) is 6.05. The average molecular weight is 383 g/mol. The first-order chi connectivity index (χ1) is 12.6. The zero-order chi connectivity index (χ0) is 20.2. The molecule has 0 spiro atoms. The van der Waals surface area contributed by atoms with Gasteiger partial charge in [0.2, 0.25) is 0 Å². The van der Waals surface area contributed by atoms with Crippen LogP contribution in [0.2, 0.25) is 0 Å². The number of halogens is 4. The first kappa shape index (κ1) is 21.3. The van der Waals surface area contributed by atoms with Crippen molar-refractivity contribution >= 4 is 0 Å². The Bertz CT molecular complexity index is 761. The van der Waals surface area contributed by atoms with Crippen LogP contribution in [-0.2, 0) is 6.42 Å². The van der Waals surface area contributed by atoms with Gasteiger partial charge in [0.25, 0.3) is 12.9 Å². The molecule has 3 nitrogen and oxygen atoms in total. The summed E-state index contributed by atoms with van der Waals surface area (Å²) in [6.45, 7) is 6.04. The molecule has 1 atom stereocenters. The van der Waals surface area contributed by atoms with Gasteiger partial charge in [0.05, 0.1) is 5.69 Å². The summed E-state index contributed by atoms with van der Waals surface area (Å²) in [5, 5.41) is 0. The Morgan fingerprint density at radius 3 is 2.37 bits per heavy atom. The molecule has 0 fully saturated rings. The first-order valence-corrected chi connectivity index (χ1v) is 8.90. The highest BCUT2D eigenvalue weighted by molar-refractivity contribution is 5.60. The summed E-state index contributed by atoms with van der Waals surface area (Å²) in [6.07, 6.45) is -2.55. The van der Waals surface area contributed by atoms with Crippen LogP contribution in [-0.4, -0.2) is 15.5 Å². The standard InChI is InChI=1S/C20H25F4N3/c1-12(2)11-20(3,25)8-6-13-4-5-15(27-17(13)19(23)24)14-7-9-26-16(10-14)18(21)22/h4-5,7,9-10,12,18-19H,6,8,11,25H2,1-3H3/t20-/m1/s1. The van der Waals surface area contributed by atoms with E-state index in [0.717, 1.165) is 6.42 Å². The van der Waals surface area contributed by atoms with Crippen molar-refractivity contribution in [1.82, 2.24) is 9.97 Å². The second-order valence-corrected chi connectivity index (χ2v) is 7.56. The molecular formula is C20H25F4N3. The van der Waals surface area contributed by atoms with Gasteiger partial charge in [0.1, 0.15) is 11.4 Å². The van der Waals surface area contributed by atoms with Crippen LogP contribution in [0.1, 0.15) is 63.4 Å². The van der Waals surface area contributed by atoms with Gasteiger partial charge in [-0.3, -0.25) is 4.98 Å². The zero-order valence-electron chi connectivity index (χ0n) is 15.7. The van der Waals surface area contributed by atoms with Crippen molar-refractivity contribution in [2.75, 3.05) is 0 Å². The number of aryl methyl sites for hydroxylation is 1. The Kier molecular flexibility index (Phi) is 6.92. The molecule has 148 valence electrons. The molecule has 2 heterocycles. The summed E-state index contributed by atoms with van der Waals surface area (Å²) >= 11 is 0. The van der Waals surface area contributed by atoms with Crippen LogP contribution in [0.15, 0.2) is 30.5 Å². The number of nitrogens with two attached hydrogens (primary N) is 1. The first-order valence-electron chi connectivity index (χ1n) is 8.90. The van der Waals surface area contributed by atoms with Crippen LogP contribution in [0.3, 0.4) is 0 Å². The molecule has 0 aliphatic carbocycles. The van der Waals surface area contributed by atoms with Crippen molar-refractivity contribution in [3.63, 3.8) is 0 Å². The number of hydrogen-bond acceptors (Lipinski definition) is 3. The van der Waals surface area contributed by atoms with Crippen molar-refractivity contribution in [2.24, 2.45) is 11.7 Å². The second kappa shape index (κ2) is 8.78. The number of hydrogen-bond donors (Lipinski definition) is 1. The van der Waals surface area contributed by atoms with Crippen LogP contribution >= 0.6 is 0 Å². The van der Waals surface area contributed by atoms with E-state index < -0.39 is 24.1 Å². The minimum Gasteiger partial charge on any atom is -0.325 e. The molecule has 2 rings (SSSR count). The molecule has 27 heavy (non-hydrogen) atoms. The maximum atomic E-state index is 13.5. The molecule has 0 bridgehead atoms. The molecule has 7 heteroatoms. The van der Waals surface area contributed by atoms with Crippen molar-refractivity contribution in [2.45, 2.75) is 58.4 Å². The highest BCUT2D eigenvalue weighted by Gasteiger charge is 2.23. The lowest BCUT2D eigenvalue weighted by Gasteiger charge is -2.27. The Labute approximate surface area is 157 Å². The largest absolute Gasteiger partial charge is 0.325 e. The molecule has 0 saturated carbocycles. The highest BCUT2D eigenvalue weighted by atomic mass is 19.3. The molecule has 0 saturated heterocycles. The normalized spacial score (nSPS) is 14.2. The molecule has 2 N–H and O–H groups in total. The van der Waals surface area contributed by atoms with Crippen LogP contribution < -0.4 is 5.73 Å². The van der Waals surface area contributed by atoms with E-state index in [1.807, 2.05) is 6.92 Å². The molecule has 0 amide bonds. The van der Waals surface area contributed by atoms with Gasteiger partial charge in [-0.15, -0.1) is 0 Å². The maximum absolute atomic E-state index is 13.5. The molecular weight excluding hydrogens is 358 g/mol.